The van der Waals surface area contributed by atoms with Gasteiger partial charge in [0, 0.05) is 39.0 Å². The van der Waals surface area contributed by atoms with Gasteiger partial charge in [0.1, 0.15) is 11.6 Å². The Balaban J connectivity index is 1.65. The van der Waals surface area contributed by atoms with Crippen LogP contribution in [0.4, 0.5) is 5.69 Å². The number of ketones is 1. The molecule has 5 nitrogen and oxygen atoms in total. The molecule has 0 aromatic heterocycles. The van der Waals surface area contributed by atoms with Crippen LogP contribution >= 0.6 is 23.4 Å². The molecule has 41 heavy (non-hydrogen) atoms. The molecule has 1 aliphatic carbocycles. The van der Waals surface area contributed by atoms with E-state index < -0.39 is 5.92 Å². The lowest BCUT2D eigenvalue weighted by Crippen LogP contribution is -2.42. The first-order valence-electron chi connectivity index (χ1n) is 13.6. The third-order valence-corrected chi connectivity index (χ3v) is 9.24. The van der Waals surface area contributed by atoms with Gasteiger partial charge in [0.15, 0.2) is 5.78 Å². The van der Waals surface area contributed by atoms with Gasteiger partial charge in [-0.15, -0.1) is 11.8 Å². The van der Waals surface area contributed by atoms with Gasteiger partial charge in [-0.05, 0) is 90.9 Å². The first-order valence-corrected chi connectivity index (χ1v) is 15.0. The van der Waals surface area contributed by atoms with Crippen LogP contribution in [0.5, 0.6) is 5.75 Å². The molecule has 0 bridgehead atoms. The fraction of sp³-hybridized carbons (Fsp3) is 0.294. The van der Waals surface area contributed by atoms with Crippen molar-refractivity contribution in [3.8, 4) is 11.8 Å². The predicted molar refractivity (Wildman–Crippen MR) is 167 cm³/mol. The molecule has 1 aliphatic heterocycles. The number of nitrogens with two attached hydrogens (primary N) is 1. The number of halogens is 1. The van der Waals surface area contributed by atoms with Crippen molar-refractivity contribution in [2.24, 2.45) is 11.1 Å². The third kappa shape index (κ3) is 5.62. The Morgan fingerprint density at radius 3 is 2.41 bits per heavy atom. The highest BCUT2D eigenvalue weighted by molar-refractivity contribution is 7.98. The molecular formula is C34H34ClN3O2S. The van der Waals surface area contributed by atoms with Crippen LogP contribution in [0.2, 0.25) is 5.02 Å². The summed E-state index contributed by atoms with van der Waals surface area (Å²) in [5, 5.41) is 11.3. The van der Waals surface area contributed by atoms with Gasteiger partial charge in [0.2, 0.25) is 0 Å². The Kier molecular flexibility index (Phi) is 7.96. The van der Waals surface area contributed by atoms with Gasteiger partial charge in [0.25, 0.3) is 0 Å². The Morgan fingerprint density at radius 2 is 1.78 bits per heavy atom. The molecule has 0 radical (unpaired) electrons. The van der Waals surface area contributed by atoms with Crippen molar-refractivity contribution in [2.45, 2.75) is 57.1 Å². The summed E-state index contributed by atoms with van der Waals surface area (Å²) in [6.07, 6.45) is 1.09. The Hall–Kier alpha value is -3.66. The summed E-state index contributed by atoms with van der Waals surface area (Å²) in [5.41, 5.74) is 13.7. The monoisotopic (exact) mass is 583 g/mol. The molecule has 1 heterocycles. The van der Waals surface area contributed by atoms with E-state index in [1.165, 1.54) is 5.56 Å². The first kappa shape index (κ1) is 28.9. The quantitative estimate of drug-likeness (QED) is 0.295. The number of nitriles is 1. The number of allylic oxidation sites excluding steroid dienone is 3. The zero-order valence-electron chi connectivity index (χ0n) is 24.0. The van der Waals surface area contributed by atoms with Crippen molar-refractivity contribution in [3.63, 3.8) is 0 Å². The van der Waals surface area contributed by atoms with E-state index in [9.17, 15) is 10.1 Å². The Morgan fingerprint density at radius 1 is 1.10 bits per heavy atom. The van der Waals surface area contributed by atoms with E-state index in [1.807, 2.05) is 53.4 Å². The number of anilines is 1. The molecule has 0 amide bonds. The summed E-state index contributed by atoms with van der Waals surface area (Å²) in [6.45, 7) is 8.37. The maximum atomic E-state index is 14.0. The van der Waals surface area contributed by atoms with Gasteiger partial charge in [-0.3, -0.25) is 9.69 Å². The van der Waals surface area contributed by atoms with E-state index in [4.69, 9.17) is 22.1 Å². The summed E-state index contributed by atoms with van der Waals surface area (Å²) in [6, 6.07) is 22.1. The highest BCUT2D eigenvalue weighted by atomic mass is 35.5. The molecule has 3 aromatic carbocycles. The number of Topliss-reactive ketones (excluding diaryl/α,β-unsaturated/α-hetero) is 1. The Bertz CT molecular complexity index is 1620. The van der Waals surface area contributed by atoms with Gasteiger partial charge < -0.3 is 10.5 Å². The number of carbonyl (C=O) groups is 1. The van der Waals surface area contributed by atoms with Crippen LogP contribution < -0.4 is 15.4 Å². The summed E-state index contributed by atoms with van der Waals surface area (Å²) in [5.74, 6) is 1.39. The van der Waals surface area contributed by atoms with Crippen LogP contribution in [-0.4, -0.2) is 12.9 Å². The van der Waals surface area contributed by atoms with E-state index in [0.717, 1.165) is 44.5 Å². The lowest BCUT2D eigenvalue weighted by molar-refractivity contribution is -0.118. The second-order valence-electron chi connectivity index (χ2n) is 11.6. The maximum Gasteiger partial charge on any atom is 0.162 e. The largest absolute Gasteiger partial charge is 0.497 e. The van der Waals surface area contributed by atoms with Crippen LogP contribution in [0, 0.1) is 30.6 Å². The van der Waals surface area contributed by atoms with Crippen LogP contribution in [0.25, 0.3) is 0 Å². The van der Waals surface area contributed by atoms with Crippen molar-refractivity contribution in [2.75, 3.05) is 12.0 Å². The van der Waals surface area contributed by atoms with Crippen LogP contribution in [0.1, 0.15) is 54.9 Å². The molecule has 7 heteroatoms. The Labute approximate surface area is 251 Å². The molecule has 3 aromatic rings. The van der Waals surface area contributed by atoms with E-state index in [2.05, 4.69) is 45.9 Å². The van der Waals surface area contributed by atoms with Crippen molar-refractivity contribution in [1.29, 1.82) is 5.26 Å². The minimum atomic E-state index is -0.521. The smallest absolute Gasteiger partial charge is 0.162 e. The highest BCUT2D eigenvalue weighted by Gasteiger charge is 2.45. The number of aryl methyl sites for hydroxylation is 1. The van der Waals surface area contributed by atoms with E-state index in [-0.39, 0.29) is 11.2 Å². The average Bonchev–Trinajstić information content (AvgIpc) is 2.93. The second-order valence-corrected chi connectivity index (χ2v) is 13.0. The third-order valence-electron chi connectivity index (χ3n) is 7.93. The topological polar surface area (TPSA) is 79.3 Å². The minimum Gasteiger partial charge on any atom is -0.497 e. The summed E-state index contributed by atoms with van der Waals surface area (Å²) in [4.78, 5) is 17.0. The zero-order chi connectivity index (χ0) is 29.5. The summed E-state index contributed by atoms with van der Waals surface area (Å²) >= 11 is 7.81. The number of carbonyl (C=O) groups excluding carboxylic acids is 1. The number of methoxy groups -OCH3 is 1. The average molecular weight is 584 g/mol. The number of nitrogens with zero attached hydrogens (tertiary/aromatic N) is 2. The molecule has 5 rings (SSSR count). The maximum absolute atomic E-state index is 14.0. The molecule has 0 saturated carbocycles. The zero-order valence-corrected chi connectivity index (χ0v) is 25.6. The van der Waals surface area contributed by atoms with Crippen molar-refractivity contribution in [3.05, 3.63) is 111 Å². The highest BCUT2D eigenvalue weighted by Crippen LogP contribution is 2.51. The van der Waals surface area contributed by atoms with Crippen molar-refractivity contribution >= 4 is 34.8 Å². The molecule has 0 spiro atoms. The number of ether oxygens (including phenoxy) is 1. The fourth-order valence-corrected chi connectivity index (χ4v) is 7.03. The molecular weight excluding hydrogens is 550 g/mol. The first-order chi connectivity index (χ1) is 19.5. The molecule has 2 N–H and O–H groups in total. The van der Waals surface area contributed by atoms with Gasteiger partial charge in [-0.25, -0.2) is 0 Å². The van der Waals surface area contributed by atoms with Crippen LogP contribution in [-0.2, 0) is 10.5 Å². The van der Waals surface area contributed by atoms with E-state index >= 15 is 0 Å². The van der Waals surface area contributed by atoms with Crippen molar-refractivity contribution in [1.82, 2.24) is 0 Å². The standard InChI is InChI=1S/C34H34ClN3O2S/c1-20-14-22(19-41-26-12-6-23(35)7-13-26)21(2)27(15-20)31-28(18-36)33(37)38(24-8-10-25(40-5)11-9-24)29-16-34(3,4)17-30(39)32(29)31/h6-15,31H,16-17,19,37H2,1-5H3. The molecule has 210 valence electrons. The lowest BCUT2D eigenvalue weighted by atomic mass is 9.68. The molecule has 2 aliphatic rings. The summed E-state index contributed by atoms with van der Waals surface area (Å²) in [7, 11) is 1.62. The lowest BCUT2D eigenvalue weighted by Gasteiger charge is -2.44. The van der Waals surface area contributed by atoms with Gasteiger partial charge in [0.05, 0.1) is 24.7 Å². The number of hydrogen-bond acceptors (Lipinski definition) is 6. The molecule has 1 atom stereocenters. The van der Waals surface area contributed by atoms with Crippen LogP contribution in [0.3, 0.4) is 0 Å². The fourth-order valence-electron chi connectivity index (χ4n) is 5.95. The molecule has 1 unspecified atom stereocenters. The SMILES string of the molecule is COc1ccc(N2C(N)=C(C#N)C(c3cc(C)cc(CSc4ccc(Cl)cc4)c3C)C3=C2CC(C)(C)CC3=O)cc1. The normalized spacial score (nSPS) is 18.3. The van der Waals surface area contributed by atoms with Gasteiger partial charge in [-0.2, -0.15) is 5.26 Å². The molecule has 0 saturated heterocycles. The number of hydrogen-bond donors (Lipinski definition) is 1. The van der Waals surface area contributed by atoms with Gasteiger partial charge in [-0.1, -0.05) is 43.1 Å². The minimum absolute atomic E-state index is 0.0676. The van der Waals surface area contributed by atoms with Crippen molar-refractivity contribution < 1.29 is 9.53 Å². The molecule has 0 fully saturated rings. The number of thioether (sulfide) groups is 1. The van der Waals surface area contributed by atoms with E-state index in [0.29, 0.717) is 34.8 Å². The number of rotatable bonds is 6. The summed E-state index contributed by atoms with van der Waals surface area (Å²) < 4.78 is 5.36. The second kappa shape index (κ2) is 11.3. The van der Waals surface area contributed by atoms with Gasteiger partial charge >= 0.3 is 0 Å². The predicted octanol–water partition coefficient (Wildman–Crippen LogP) is 8.20. The van der Waals surface area contributed by atoms with E-state index in [1.54, 1.807) is 18.9 Å². The van der Waals surface area contributed by atoms with Crippen LogP contribution in [0.15, 0.2) is 88.2 Å². The number of benzene rings is 3.